The number of carboxylic acids is 2. The fourth-order valence-corrected chi connectivity index (χ4v) is 2.75. The Balaban J connectivity index is 0.000000905. The largest absolute Gasteiger partial charge is 0.490 e. The molecule has 1 atom stereocenters. The Labute approximate surface area is 202 Å². The van der Waals surface area contributed by atoms with Gasteiger partial charge >= 0.3 is 23.9 Å². The van der Waals surface area contributed by atoms with Gasteiger partial charge in [0.2, 0.25) is 0 Å². The highest BCUT2D eigenvalue weighted by molar-refractivity contribution is 6.27. The second-order valence-electron chi connectivity index (χ2n) is 8.09. The molecule has 1 aromatic carbocycles. The molecule has 5 N–H and O–H groups in total. The van der Waals surface area contributed by atoms with Gasteiger partial charge in [-0.25, -0.2) is 19.2 Å². The summed E-state index contributed by atoms with van der Waals surface area (Å²) in [5, 5.41) is 31.1. The predicted molar refractivity (Wildman–Crippen MR) is 122 cm³/mol. The SMILES string of the molecule is COC(=O)c1ccccc1OCC(O)CNC(C)(C)CNC(=O)N1CCOCC1.O=C(O)C(=O)O. The first kappa shape index (κ1) is 29.6. The van der Waals surface area contributed by atoms with Crippen molar-refractivity contribution in [3.8, 4) is 5.75 Å². The number of aliphatic hydroxyl groups excluding tert-OH is 1. The molecule has 196 valence electrons. The first-order chi connectivity index (χ1) is 16.5. The number of esters is 1. The molecular formula is C22H33N3O10. The minimum atomic E-state index is -1.82. The molecule has 1 aromatic rings. The van der Waals surface area contributed by atoms with Gasteiger partial charge in [0, 0.05) is 31.7 Å². The molecule has 35 heavy (non-hydrogen) atoms. The molecule has 13 nitrogen and oxygen atoms in total. The van der Waals surface area contributed by atoms with E-state index in [-0.39, 0.29) is 19.2 Å². The van der Waals surface area contributed by atoms with Gasteiger partial charge in [-0.2, -0.15) is 0 Å². The van der Waals surface area contributed by atoms with Crippen molar-refractivity contribution in [2.75, 3.05) is 53.1 Å². The first-order valence-corrected chi connectivity index (χ1v) is 10.8. The standard InChI is InChI=1S/C20H31N3O6.C2H2O4/c1-20(2,14-21-19(26)23-8-10-28-11-9-23)22-12-15(24)13-29-17-7-5-4-6-16(17)18(25)27-3;3-1(4)2(5)6/h4-7,15,22,24H,8-14H2,1-3H3,(H,21,26);(H,3,4)(H,5,6). The van der Waals surface area contributed by atoms with Crippen molar-refractivity contribution < 1.29 is 48.7 Å². The molecular weight excluding hydrogens is 466 g/mol. The molecule has 0 aromatic heterocycles. The Morgan fingerprint density at radius 2 is 1.71 bits per heavy atom. The van der Waals surface area contributed by atoms with E-state index in [4.69, 9.17) is 34.0 Å². The van der Waals surface area contributed by atoms with Gasteiger partial charge in [0.05, 0.1) is 20.3 Å². The number of urea groups is 1. The number of rotatable bonds is 9. The average molecular weight is 500 g/mol. The highest BCUT2D eigenvalue weighted by Crippen LogP contribution is 2.19. The maximum Gasteiger partial charge on any atom is 0.414 e. The number of hydrogen-bond donors (Lipinski definition) is 5. The third kappa shape index (κ3) is 11.5. The number of benzene rings is 1. The molecule has 1 heterocycles. The molecule has 2 rings (SSSR count). The van der Waals surface area contributed by atoms with Crippen LogP contribution in [0.3, 0.4) is 0 Å². The fraction of sp³-hybridized carbons (Fsp3) is 0.545. The van der Waals surface area contributed by atoms with Crippen molar-refractivity contribution in [2.24, 2.45) is 0 Å². The number of ether oxygens (including phenoxy) is 3. The van der Waals surface area contributed by atoms with Crippen LogP contribution in [0.4, 0.5) is 4.79 Å². The second kappa shape index (κ2) is 14.8. The van der Waals surface area contributed by atoms with E-state index in [1.54, 1.807) is 29.2 Å². The van der Waals surface area contributed by atoms with E-state index >= 15 is 0 Å². The number of carbonyl (C=O) groups excluding carboxylic acids is 2. The minimum absolute atomic E-state index is 0.0111. The maximum absolute atomic E-state index is 12.2. The monoisotopic (exact) mass is 499 g/mol. The Morgan fingerprint density at radius 3 is 2.29 bits per heavy atom. The quantitative estimate of drug-likeness (QED) is 0.223. The van der Waals surface area contributed by atoms with Crippen LogP contribution in [0.5, 0.6) is 5.75 Å². The third-order valence-corrected chi connectivity index (χ3v) is 4.70. The molecule has 1 unspecified atom stereocenters. The Kier molecular flexibility index (Phi) is 12.5. The summed E-state index contributed by atoms with van der Waals surface area (Å²) in [5.41, 5.74) is -0.117. The van der Waals surface area contributed by atoms with E-state index in [0.717, 1.165) is 0 Å². The van der Waals surface area contributed by atoms with Gasteiger partial charge in [0.1, 0.15) is 24.0 Å². The molecule has 13 heteroatoms. The molecule has 0 bridgehead atoms. The molecule has 1 fully saturated rings. The number of nitrogens with one attached hydrogen (secondary N) is 2. The number of hydrogen-bond acceptors (Lipinski definition) is 9. The molecule has 0 spiro atoms. The van der Waals surface area contributed by atoms with Crippen LogP contribution in [-0.4, -0.2) is 109 Å². The third-order valence-electron chi connectivity index (χ3n) is 4.70. The number of carbonyl (C=O) groups is 4. The number of amides is 2. The minimum Gasteiger partial charge on any atom is -0.490 e. The van der Waals surface area contributed by atoms with Crippen LogP contribution in [0.25, 0.3) is 0 Å². The lowest BCUT2D eigenvalue weighted by Gasteiger charge is -2.31. The van der Waals surface area contributed by atoms with Gasteiger partial charge in [-0.05, 0) is 26.0 Å². The summed E-state index contributed by atoms with van der Waals surface area (Å²) in [6, 6.07) is 6.59. The van der Waals surface area contributed by atoms with Crippen molar-refractivity contribution in [1.82, 2.24) is 15.5 Å². The number of morpholine rings is 1. The smallest absolute Gasteiger partial charge is 0.414 e. The number of carboxylic acid groups (broad SMARTS) is 2. The normalized spacial score (nSPS) is 14.1. The van der Waals surface area contributed by atoms with Crippen LogP contribution >= 0.6 is 0 Å². The zero-order valence-corrected chi connectivity index (χ0v) is 20.0. The van der Waals surface area contributed by atoms with E-state index in [2.05, 4.69) is 10.6 Å². The van der Waals surface area contributed by atoms with Crippen LogP contribution in [0.1, 0.15) is 24.2 Å². The van der Waals surface area contributed by atoms with Crippen molar-refractivity contribution in [2.45, 2.75) is 25.5 Å². The summed E-state index contributed by atoms with van der Waals surface area (Å²) in [7, 11) is 1.30. The maximum atomic E-state index is 12.2. The number of para-hydroxylation sites is 1. The number of nitrogens with zero attached hydrogens (tertiary/aromatic N) is 1. The van der Waals surface area contributed by atoms with Gasteiger partial charge in [0.25, 0.3) is 0 Å². The molecule has 0 radical (unpaired) electrons. The van der Waals surface area contributed by atoms with Crippen LogP contribution in [0.2, 0.25) is 0 Å². The van der Waals surface area contributed by atoms with Gasteiger partial charge in [-0.3, -0.25) is 0 Å². The topological polar surface area (TPSA) is 184 Å². The van der Waals surface area contributed by atoms with E-state index in [1.165, 1.54) is 7.11 Å². The molecule has 0 aliphatic carbocycles. The molecule has 1 aliphatic heterocycles. The summed E-state index contributed by atoms with van der Waals surface area (Å²) in [6.45, 7) is 6.84. The Bertz CT molecular complexity index is 844. The van der Waals surface area contributed by atoms with Crippen LogP contribution in [0, 0.1) is 0 Å². The summed E-state index contributed by atoms with van der Waals surface area (Å²) in [5.74, 6) is -3.79. The van der Waals surface area contributed by atoms with Crippen molar-refractivity contribution in [1.29, 1.82) is 0 Å². The Morgan fingerprint density at radius 1 is 1.11 bits per heavy atom. The number of aliphatic hydroxyl groups is 1. The van der Waals surface area contributed by atoms with Crippen LogP contribution < -0.4 is 15.4 Å². The van der Waals surface area contributed by atoms with Crippen molar-refractivity contribution in [3.63, 3.8) is 0 Å². The lowest BCUT2D eigenvalue weighted by molar-refractivity contribution is -0.159. The van der Waals surface area contributed by atoms with E-state index in [0.29, 0.717) is 44.2 Å². The van der Waals surface area contributed by atoms with Crippen molar-refractivity contribution >= 4 is 23.9 Å². The average Bonchev–Trinajstić information content (AvgIpc) is 2.85. The highest BCUT2D eigenvalue weighted by atomic mass is 16.5. The first-order valence-electron chi connectivity index (χ1n) is 10.8. The summed E-state index contributed by atoms with van der Waals surface area (Å²) in [6.07, 6.45) is -0.796. The zero-order chi connectivity index (χ0) is 26.4. The zero-order valence-electron chi connectivity index (χ0n) is 20.0. The van der Waals surface area contributed by atoms with Gasteiger partial charge < -0.3 is 45.1 Å². The lowest BCUT2D eigenvalue weighted by atomic mass is 10.1. The highest BCUT2D eigenvalue weighted by Gasteiger charge is 2.23. The number of β-amino-alcohol motifs (C(OH)–C–C–N with tert-alkyl or cyclic N) is 1. The lowest BCUT2D eigenvalue weighted by Crippen LogP contribution is -2.54. The van der Waals surface area contributed by atoms with E-state index < -0.39 is 29.6 Å². The summed E-state index contributed by atoms with van der Waals surface area (Å²) in [4.78, 5) is 43.9. The molecule has 0 saturated carbocycles. The molecule has 1 aliphatic rings. The molecule has 1 saturated heterocycles. The Hall–Kier alpha value is -3.42. The van der Waals surface area contributed by atoms with Gasteiger partial charge in [-0.1, -0.05) is 12.1 Å². The number of aliphatic carboxylic acids is 2. The predicted octanol–water partition coefficient (Wildman–Crippen LogP) is -0.221. The van der Waals surface area contributed by atoms with Crippen LogP contribution in [-0.2, 0) is 19.1 Å². The second-order valence-corrected chi connectivity index (χ2v) is 8.09. The molecule has 2 amide bonds. The summed E-state index contributed by atoms with van der Waals surface area (Å²) >= 11 is 0. The summed E-state index contributed by atoms with van der Waals surface area (Å²) < 4.78 is 15.6. The van der Waals surface area contributed by atoms with Crippen molar-refractivity contribution in [3.05, 3.63) is 29.8 Å². The van der Waals surface area contributed by atoms with Gasteiger partial charge in [-0.15, -0.1) is 0 Å². The van der Waals surface area contributed by atoms with E-state index in [9.17, 15) is 14.7 Å². The fourth-order valence-electron chi connectivity index (χ4n) is 2.75. The van der Waals surface area contributed by atoms with Crippen LogP contribution in [0.15, 0.2) is 24.3 Å². The van der Waals surface area contributed by atoms with E-state index in [1.807, 2.05) is 13.8 Å². The van der Waals surface area contributed by atoms with Gasteiger partial charge in [0.15, 0.2) is 0 Å². The number of methoxy groups -OCH3 is 1.